The molecule has 0 aliphatic rings. The number of aliphatic hydroxyl groups excluding tert-OH is 1. The molecule has 0 radical (unpaired) electrons. The fraction of sp³-hybridized carbons (Fsp3) is 0.200. The molecule has 0 aliphatic carbocycles. The van der Waals surface area contributed by atoms with E-state index in [1.54, 1.807) is 0 Å². The maximum atomic E-state index is 8.14. The van der Waals surface area contributed by atoms with Crippen LogP contribution in [0.1, 0.15) is 13.3 Å². The largest absolute Gasteiger partial charge is 0.379 e. The van der Waals surface area contributed by atoms with Crippen molar-refractivity contribution in [2.24, 2.45) is 5.73 Å². The van der Waals surface area contributed by atoms with Crippen LogP contribution in [0.3, 0.4) is 0 Å². The predicted octanol–water partition coefficient (Wildman–Crippen LogP) is 3.03. The highest BCUT2D eigenvalue weighted by atomic mass is 16.3. The molecule has 17 heavy (non-hydrogen) atoms. The second kappa shape index (κ2) is 7.60. The summed E-state index contributed by atoms with van der Waals surface area (Å²) < 4.78 is 0. The first kappa shape index (κ1) is 13.4. The molecule has 0 heterocycles. The van der Waals surface area contributed by atoms with Crippen LogP contribution in [0, 0.1) is 0 Å². The second-order valence-electron chi connectivity index (χ2n) is 3.71. The minimum atomic E-state index is -0.616. The van der Waals surface area contributed by atoms with Gasteiger partial charge in [0.05, 0.1) is 0 Å². The van der Waals surface area contributed by atoms with E-state index in [0.29, 0.717) is 6.42 Å². The zero-order chi connectivity index (χ0) is 12.5. The Morgan fingerprint density at radius 3 is 1.41 bits per heavy atom. The number of aliphatic hydroxyl groups is 1. The summed E-state index contributed by atoms with van der Waals surface area (Å²) in [4.78, 5) is 0. The molecule has 0 saturated heterocycles. The molecule has 0 aliphatic heterocycles. The van der Waals surface area contributed by atoms with Crippen LogP contribution in [0.2, 0.25) is 0 Å². The molecule has 0 amide bonds. The molecule has 0 spiro atoms. The fourth-order valence-electron chi connectivity index (χ4n) is 1.26. The molecule has 1 atom stereocenters. The van der Waals surface area contributed by atoms with E-state index in [2.05, 4.69) is 48.5 Å². The Hall–Kier alpha value is -1.64. The molecule has 1 unspecified atom stereocenters. The van der Waals surface area contributed by atoms with Crippen LogP contribution < -0.4 is 5.73 Å². The Morgan fingerprint density at radius 2 is 1.18 bits per heavy atom. The van der Waals surface area contributed by atoms with Crippen molar-refractivity contribution in [3.8, 4) is 11.1 Å². The second-order valence-corrected chi connectivity index (χ2v) is 3.71. The highest BCUT2D eigenvalue weighted by molar-refractivity contribution is 5.62. The fourth-order valence-corrected chi connectivity index (χ4v) is 1.26. The molecule has 90 valence electrons. The first-order valence-corrected chi connectivity index (χ1v) is 5.78. The minimum Gasteiger partial charge on any atom is -0.379 e. The highest BCUT2D eigenvalue weighted by Crippen LogP contribution is 2.17. The average Bonchev–Trinajstić information content (AvgIpc) is 2.41. The van der Waals surface area contributed by atoms with Crippen molar-refractivity contribution in [3.05, 3.63) is 60.7 Å². The number of benzene rings is 2. The van der Waals surface area contributed by atoms with E-state index in [4.69, 9.17) is 10.8 Å². The first-order chi connectivity index (χ1) is 8.24. The summed E-state index contributed by atoms with van der Waals surface area (Å²) in [5, 5.41) is 8.14. The van der Waals surface area contributed by atoms with Crippen molar-refractivity contribution in [2.75, 3.05) is 0 Å². The van der Waals surface area contributed by atoms with Gasteiger partial charge in [0.2, 0.25) is 0 Å². The van der Waals surface area contributed by atoms with Gasteiger partial charge in [-0.05, 0) is 17.5 Å². The van der Waals surface area contributed by atoms with Gasteiger partial charge in [0.1, 0.15) is 6.23 Å². The molecule has 0 saturated carbocycles. The standard InChI is InChI=1S/C12H10.C3H9NO/c1-3-7-11(8-4-1)12-9-5-2-6-10-12;1-2-3(4)5/h1-10H;3,5H,2,4H2,1H3. The van der Waals surface area contributed by atoms with Gasteiger partial charge in [-0.3, -0.25) is 0 Å². The van der Waals surface area contributed by atoms with E-state index in [-0.39, 0.29) is 0 Å². The number of rotatable bonds is 2. The summed E-state index contributed by atoms with van der Waals surface area (Å²) >= 11 is 0. The van der Waals surface area contributed by atoms with Crippen molar-refractivity contribution in [3.63, 3.8) is 0 Å². The number of hydrogen-bond acceptors (Lipinski definition) is 2. The van der Waals surface area contributed by atoms with Crippen LogP contribution >= 0.6 is 0 Å². The lowest BCUT2D eigenvalue weighted by Gasteiger charge is -1.98. The van der Waals surface area contributed by atoms with Crippen LogP contribution in [0.4, 0.5) is 0 Å². The molecule has 0 bridgehead atoms. The average molecular weight is 229 g/mol. The van der Waals surface area contributed by atoms with Gasteiger partial charge in [0, 0.05) is 0 Å². The molecule has 2 rings (SSSR count). The van der Waals surface area contributed by atoms with Crippen molar-refractivity contribution < 1.29 is 5.11 Å². The third-order valence-corrected chi connectivity index (χ3v) is 2.30. The van der Waals surface area contributed by atoms with Gasteiger partial charge >= 0.3 is 0 Å². The third-order valence-electron chi connectivity index (χ3n) is 2.30. The number of hydrogen-bond donors (Lipinski definition) is 2. The third kappa shape index (κ3) is 5.29. The quantitative estimate of drug-likeness (QED) is 0.777. The van der Waals surface area contributed by atoms with Gasteiger partial charge in [-0.25, -0.2) is 0 Å². The Morgan fingerprint density at radius 1 is 0.882 bits per heavy atom. The molecule has 0 fully saturated rings. The highest BCUT2D eigenvalue weighted by Gasteiger charge is 1.91. The van der Waals surface area contributed by atoms with Gasteiger partial charge in [-0.15, -0.1) is 0 Å². The first-order valence-electron chi connectivity index (χ1n) is 5.78. The molecule has 2 aromatic rings. The topological polar surface area (TPSA) is 46.2 Å². The van der Waals surface area contributed by atoms with Crippen LogP contribution in [0.25, 0.3) is 11.1 Å². The van der Waals surface area contributed by atoms with Crippen LogP contribution in [-0.4, -0.2) is 11.3 Å². The Kier molecular flexibility index (Phi) is 6.00. The lowest BCUT2D eigenvalue weighted by Crippen LogP contribution is -2.16. The van der Waals surface area contributed by atoms with Gasteiger partial charge in [-0.1, -0.05) is 67.6 Å². The van der Waals surface area contributed by atoms with Crippen molar-refractivity contribution in [2.45, 2.75) is 19.6 Å². The molecule has 2 heteroatoms. The summed E-state index contributed by atoms with van der Waals surface area (Å²) in [5.41, 5.74) is 7.40. The molecule has 2 nitrogen and oxygen atoms in total. The lowest BCUT2D eigenvalue weighted by atomic mass is 10.1. The van der Waals surface area contributed by atoms with E-state index in [9.17, 15) is 0 Å². The summed E-state index contributed by atoms with van der Waals surface area (Å²) in [6.45, 7) is 1.82. The molecule has 0 aromatic heterocycles. The maximum absolute atomic E-state index is 8.14. The lowest BCUT2D eigenvalue weighted by molar-refractivity contribution is 0.178. The Labute approximate surface area is 103 Å². The van der Waals surface area contributed by atoms with E-state index in [1.807, 2.05) is 19.1 Å². The van der Waals surface area contributed by atoms with Crippen LogP contribution in [-0.2, 0) is 0 Å². The zero-order valence-corrected chi connectivity index (χ0v) is 10.1. The van der Waals surface area contributed by atoms with Crippen molar-refractivity contribution in [1.82, 2.24) is 0 Å². The van der Waals surface area contributed by atoms with E-state index in [0.717, 1.165) is 0 Å². The smallest absolute Gasteiger partial charge is 0.102 e. The monoisotopic (exact) mass is 229 g/mol. The molecule has 3 N–H and O–H groups in total. The summed E-state index contributed by atoms with van der Waals surface area (Å²) in [6.07, 6.45) is 0.0231. The van der Waals surface area contributed by atoms with Gasteiger partial charge in [0.25, 0.3) is 0 Å². The predicted molar refractivity (Wildman–Crippen MR) is 72.4 cm³/mol. The Bertz CT molecular complexity index is 360. The normalized spacial score (nSPS) is 11.2. The van der Waals surface area contributed by atoms with Crippen LogP contribution in [0.5, 0.6) is 0 Å². The maximum Gasteiger partial charge on any atom is 0.102 e. The zero-order valence-electron chi connectivity index (χ0n) is 10.1. The van der Waals surface area contributed by atoms with Crippen LogP contribution in [0.15, 0.2) is 60.7 Å². The van der Waals surface area contributed by atoms with E-state index >= 15 is 0 Å². The van der Waals surface area contributed by atoms with E-state index < -0.39 is 6.23 Å². The van der Waals surface area contributed by atoms with Crippen molar-refractivity contribution >= 4 is 0 Å². The van der Waals surface area contributed by atoms with Gasteiger partial charge in [-0.2, -0.15) is 0 Å². The van der Waals surface area contributed by atoms with Gasteiger partial charge < -0.3 is 10.8 Å². The SMILES string of the molecule is CCC(N)O.c1ccc(-c2ccccc2)cc1. The van der Waals surface area contributed by atoms with Crippen molar-refractivity contribution in [1.29, 1.82) is 0 Å². The molecular formula is C15H19NO. The summed E-state index contributed by atoms with van der Waals surface area (Å²) in [6, 6.07) is 20.8. The molecule has 2 aromatic carbocycles. The summed E-state index contributed by atoms with van der Waals surface area (Å²) in [7, 11) is 0. The number of nitrogens with two attached hydrogens (primary N) is 1. The minimum absolute atomic E-state index is 0.616. The van der Waals surface area contributed by atoms with Gasteiger partial charge in [0.15, 0.2) is 0 Å². The molecular weight excluding hydrogens is 210 g/mol. The Balaban J connectivity index is 0.000000249. The summed E-state index contributed by atoms with van der Waals surface area (Å²) in [5.74, 6) is 0. The van der Waals surface area contributed by atoms with E-state index in [1.165, 1.54) is 11.1 Å².